The minimum atomic E-state index is -0.415. The molecule has 5 heteroatoms. The van der Waals surface area contributed by atoms with Crippen LogP contribution in [0.4, 0.5) is 5.69 Å². The van der Waals surface area contributed by atoms with E-state index in [1.807, 2.05) is 0 Å². The number of nitrogens with one attached hydrogen (secondary N) is 1. The van der Waals surface area contributed by atoms with Crippen LogP contribution in [0.3, 0.4) is 0 Å². The number of benzene rings is 2. The average Bonchev–Trinajstić information content (AvgIpc) is 2.38. The molecule has 0 radical (unpaired) electrons. The van der Waals surface area contributed by atoms with Crippen LogP contribution in [-0.2, 0) is 0 Å². The number of amides is 1. The van der Waals surface area contributed by atoms with Gasteiger partial charge in [-0.25, -0.2) is 0 Å². The number of Topliss-reactive ketones (excluding diaryl/α,β-unsaturated/α-hetero) is 1. The Morgan fingerprint density at radius 1 is 1.00 bits per heavy atom. The van der Waals surface area contributed by atoms with Crippen LogP contribution in [0.5, 0.6) is 0 Å². The predicted octanol–water partition coefficient (Wildman–Crippen LogP) is 4.45. The van der Waals surface area contributed by atoms with Gasteiger partial charge in [-0.1, -0.05) is 41.4 Å². The van der Waals surface area contributed by atoms with Crippen molar-refractivity contribution in [1.29, 1.82) is 0 Å². The largest absolute Gasteiger partial charge is 0.322 e. The van der Waals surface area contributed by atoms with E-state index in [4.69, 9.17) is 23.2 Å². The maximum absolute atomic E-state index is 12.2. The number of halogens is 2. The third-order valence-electron chi connectivity index (χ3n) is 2.72. The minimum Gasteiger partial charge on any atom is -0.322 e. The molecule has 0 aliphatic rings. The maximum atomic E-state index is 12.2. The summed E-state index contributed by atoms with van der Waals surface area (Å²) >= 11 is 11.9. The van der Waals surface area contributed by atoms with Gasteiger partial charge in [0.05, 0.1) is 15.6 Å². The lowest BCUT2D eigenvalue weighted by Crippen LogP contribution is -2.13. The highest BCUT2D eigenvalue weighted by Crippen LogP contribution is 2.25. The summed E-state index contributed by atoms with van der Waals surface area (Å²) in [6.07, 6.45) is 0. The molecule has 0 unspecified atom stereocenters. The molecule has 0 fully saturated rings. The van der Waals surface area contributed by atoms with Crippen LogP contribution in [0.2, 0.25) is 10.0 Å². The van der Waals surface area contributed by atoms with Gasteiger partial charge in [-0.05, 0) is 31.2 Å². The van der Waals surface area contributed by atoms with Crippen molar-refractivity contribution in [2.75, 3.05) is 5.32 Å². The van der Waals surface area contributed by atoms with E-state index >= 15 is 0 Å². The van der Waals surface area contributed by atoms with Gasteiger partial charge in [-0.2, -0.15) is 0 Å². The second-order valence-electron chi connectivity index (χ2n) is 4.19. The molecule has 3 nitrogen and oxygen atoms in total. The summed E-state index contributed by atoms with van der Waals surface area (Å²) in [6, 6.07) is 11.5. The first kappa shape index (κ1) is 14.6. The van der Waals surface area contributed by atoms with E-state index in [1.54, 1.807) is 42.5 Å². The zero-order valence-corrected chi connectivity index (χ0v) is 12.1. The lowest BCUT2D eigenvalue weighted by Gasteiger charge is -2.09. The van der Waals surface area contributed by atoms with Gasteiger partial charge in [-0.3, -0.25) is 9.59 Å². The Kier molecular flexibility index (Phi) is 4.42. The summed E-state index contributed by atoms with van der Waals surface area (Å²) < 4.78 is 0. The van der Waals surface area contributed by atoms with Gasteiger partial charge in [0, 0.05) is 11.3 Å². The third kappa shape index (κ3) is 3.18. The van der Waals surface area contributed by atoms with Crippen LogP contribution in [0, 0.1) is 0 Å². The lowest BCUT2D eigenvalue weighted by molar-refractivity contribution is 0.101. The van der Waals surface area contributed by atoms with E-state index in [2.05, 4.69) is 5.32 Å². The molecular weight excluding hydrogens is 297 g/mol. The van der Waals surface area contributed by atoms with E-state index in [1.165, 1.54) is 6.92 Å². The Morgan fingerprint density at radius 3 is 2.20 bits per heavy atom. The molecule has 0 bridgehead atoms. The van der Waals surface area contributed by atoms with Gasteiger partial charge in [0.1, 0.15) is 0 Å². The van der Waals surface area contributed by atoms with Gasteiger partial charge >= 0.3 is 0 Å². The zero-order valence-electron chi connectivity index (χ0n) is 10.6. The fraction of sp³-hybridized carbons (Fsp3) is 0.0667. The fourth-order valence-corrected chi connectivity index (χ4v) is 2.29. The van der Waals surface area contributed by atoms with Crippen molar-refractivity contribution in [2.45, 2.75) is 6.92 Å². The first-order valence-corrected chi connectivity index (χ1v) is 6.61. The number of rotatable bonds is 3. The van der Waals surface area contributed by atoms with Gasteiger partial charge in [0.2, 0.25) is 0 Å². The highest BCUT2D eigenvalue weighted by atomic mass is 35.5. The second kappa shape index (κ2) is 6.07. The molecule has 0 heterocycles. The average molecular weight is 308 g/mol. The summed E-state index contributed by atoms with van der Waals surface area (Å²) in [5, 5.41) is 3.23. The number of hydrogen-bond donors (Lipinski definition) is 1. The van der Waals surface area contributed by atoms with Crippen molar-refractivity contribution in [3.63, 3.8) is 0 Å². The first-order valence-electron chi connectivity index (χ1n) is 5.85. The van der Waals surface area contributed by atoms with Crippen molar-refractivity contribution in [3.8, 4) is 0 Å². The summed E-state index contributed by atoms with van der Waals surface area (Å²) in [6.45, 7) is 1.46. The van der Waals surface area contributed by atoms with Crippen molar-refractivity contribution in [3.05, 3.63) is 63.6 Å². The Morgan fingerprint density at radius 2 is 1.60 bits per heavy atom. The molecule has 1 amide bonds. The van der Waals surface area contributed by atoms with Crippen LogP contribution in [0.25, 0.3) is 0 Å². The molecule has 20 heavy (non-hydrogen) atoms. The van der Waals surface area contributed by atoms with Crippen molar-refractivity contribution >= 4 is 40.6 Å². The Labute approximate surface area is 126 Å². The fourth-order valence-electron chi connectivity index (χ4n) is 1.72. The molecule has 2 aromatic carbocycles. The van der Waals surface area contributed by atoms with E-state index in [0.717, 1.165) is 0 Å². The number of hydrogen-bond acceptors (Lipinski definition) is 2. The molecule has 0 spiro atoms. The molecule has 102 valence electrons. The van der Waals surface area contributed by atoms with Crippen LogP contribution >= 0.6 is 23.2 Å². The van der Waals surface area contributed by atoms with Crippen molar-refractivity contribution in [2.24, 2.45) is 0 Å². The van der Waals surface area contributed by atoms with Crippen molar-refractivity contribution < 1.29 is 9.59 Å². The molecule has 0 atom stereocenters. The topological polar surface area (TPSA) is 46.2 Å². The van der Waals surface area contributed by atoms with Gasteiger partial charge in [0.15, 0.2) is 5.78 Å². The quantitative estimate of drug-likeness (QED) is 0.852. The van der Waals surface area contributed by atoms with Crippen LogP contribution in [-0.4, -0.2) is 11.7 Å². The summed E-state index contributed by atoms with van der Waals surface area (Å²) in [7, 11) is 0. The molecule has 0 saturated carbocycles. The highest BCUT2D eigenvalue weighted by molar-refractivity contribution is 6.40. The summed E-state index contributed by atoms with van der Waals surface area (Å²) in [4.78, 5) is 23.5. The number of carbonyl (C=O) groups excluding carboxylic acids is 2. The number of ketones is 1. The molecule has 0 aliphatic carbocycles. The van der Waals surface area contributed by atoms with Crippen LogP contribution in [0.15, 0.2) is 42.5 Å². The second-order valence-corrected chi connectivity index (χ2v) is 5.00. The Hall–Kier alpha value is -1.84. The molecule has 1 N–H and O–H groups in total. The third-order valence-corrected chi connectivity index (χ3v) is 3.35. The Balaban J connectivity index is 2.28. The summed E-state index contributed by atoms with van der Waals surface area (Å²) in [5.41, 5.74) is 1.25. The van der Waals surface area contributed by atoms with E-state index in [0.29, 0.717) is 11.3 Å². The van der Waals surface area contributed by atoms with E-state index in [9.17, 15) is 9.59 Å². The molecule has 0 aromatic heterocycles. The number of carbonyl (C=O) groups is 2. The summed E-state index contributed by atoms with van der Waals surface area (Å²) in [5.74, 6) is -0.488. The van der Waals surface area contributed by atoms with Gasteiger partial charge in [-0.15, -0.1) is 0 Å². The normalized spacial score (nSPS) is 10.2. The first-order chi connectivity index (χ1) is 9.49. The monoisotopic (exact) mass is 307 g/mol. The zero-order chi connectivity index (χ0) is 14.7. The molecule has 2 aromatic rings. The molecular formula is C15H11Cl2NO2. The molecule has 0 saturated heterocycles. The molecule has 2 rings (SSSR count). The SMILES string of the molecule is CC(=O)c1cccc(NC(=O)c2c(Cl)cccc2Cl)c1. The van der Waals surface area contributed by atoms with Crippen LogP contribution < -0.4 is 5.32 Å². The van der Waals surface area contributed by atoms with Gasteiger partial charge < -0.3 is 5.32 Å². The maximum Gasteiger partial charge on any atom is 0.258 e. The minimum absolute atomic E-state index is 0.0723. The molecule has 0 aliphatic heterocycles. The van der Waals surface area contributed by atoms with Crippen LogP contribution in [0.1, 0.15) is 27.6 Å². The highest BCUT2D eigenvalue weighted by Gasteiger charge is 2.14. The van der Waals surface area contributed by atoms with Crippen molar-refractivity contribution in [1.82, 2.24) is 0 Å². The Bertz CT molecular complexity index is 663. The lowest BCUT2D eigenvalue weighted by atomic mass is 10.1. The predicted molar refractivity (Wildman–Crippen MR) is 80.9 cm³/mol. The standard InChI is InChI=1S/C15H11Cl2NO2/c1-9(19)10-4-2-5-11(8-10)18-15(20)14-12(16)6-3-7-13(14)17/h2-8H,1H3,(H,18,20). The smallest absolute Gasteiger partial charge is 0.258 e. The van der Waals surface area contributed by atoms with Gasteiger partial charge in [0.25, 0.3) is 5.91 Å². The van der Waals surface area contributed by atoms with E-state index < -0.39 is 5.91 Å². The van der Waals surface area contributed by atoms with E-state index in [-0.39, 0.29) is 21.4 Å². The number of anilines is 1.